The van der Waals surface area contributed by atoms with Crippen molar-refractivity contribution in [3.63, 3.8) is 0 Å². The molecule has 3 nitrogen and oxygen atoms in total. The first-order valence-electron chi connectivity index (χ1n) is 5.03. The third kappa shape index (κ3) is 1.86. The minimum atomic E-state index is 0.848. The van der Waals surface area contributed by atoms with E-state index >= 15 is 0 Å². The molecule has 78 valence electrons. The fourth-order valence-corrected chi connectivity index (χ4v) is 1.52. The van der Waals surface area contributed by atoms with E-state index in [0.717, 1.165) is 23.6 Å². The van der Waals surface area contributed by atoms with Crippen molar-refractivity contribution < 1.29 is 4.74 Å². The summed E-state index contributed by atoms with van der Waals surface area (Å²) in [5.41, 5.74) is 2.04. The predicted molar refractivity (Wildman–Crippen MR) is 59.5 cm³/mol. The van der Waals surface area contributed by atoms with Crippen molar-refractivity contribution in [1.82, 2.24) is 9.78 Å². The van der Waals surface area contributed by atoms with Crippen molar-refractivity contribution in [2.75, 3.05) is 7.11 Å². The Kier molecular flexibility index (Phi) is 2.72. The molecule has 0 saturated carbocycles. The predicted octanol–water partition coefficient (Wildman–Crippen LogP) is 2.44. The Morgan fingerprint density at radius 2 is 2.00 bits per heavy atom. The summed E-state index contributed by atoms with van der Waals surface area (Å²) in [7, 11) is 1.67. The standard InChI is InChI=1S/C12H14N2O/c1-3-11-12(15-2)9-14(13-11)10-7-5-4-6-8-10/h4-9H,3H2,1-2H3. The van der Waals surface area contributed by atoms with E-state index in [9.17, 15) is 0 Å². The smallest absolute Gasteiger partial charge is 0.160 e. The van der Waals surface area contributed by atoms with Crippen molar-refractivity contribution in [1.29, 1.82) is 0 Å². The minimum absolute atomic E-state index is 0.848. The quantitative estimate of drug-likeness (QED) is 0.764. The van der Waals surface area contributed by atoms with E-state index in [2.05, 4.69) is 12.0 Å². The average molecular weight is 202 g/mol. The highest BCUT2D eigenvalue weighted by Crippen LogP contribution is 2.19. The molecule has 3 heteroatoms. The summed E-state index contributed by atoms with van der Waals surface area (Å²) in [5, 5.41) is 4.46. The fraction of sp³-hybridized carbons (Fsp3) is 0.250. The van der Waals surface area contributed by atoms with Gasteiger partial charge in [-0.15, -0.1) is 0 Å². The van der Waals surface area contributed by atoms with Gasteiger partial charge in [0.05, 0.1) is 19.0 Å². The van der Waals surface area contributed by atoms with Crippen LogP contribution >= 0.6 is 0 Å². The molecule has 1 heterocycles. The number of rotatable bonds is 3. The summed E-state index contributed by atoms with van der Waals surface area (Å²) in [6, 6.07) is 10.0. The molecule has 0 bridgehead atoms. The Hall–Kier alpha value is -1.77. The number of para-hydroxylation sites is 1. The molecule has 0 saturated heterocycles. The van der Waals surface area contributed by atoms with Gasteiger partial charge in [-0.05, 0) is 18.6 Å². The van der Waals surface area contributed by atoms with E-state index in [1.54, 1.807) is 7.11 Å². The molecule has 1 aromatic carbocycles. The zero-order chi connectivity index (χ0) is 10.7. The number of methoxy groups -OCH3 is 1. The highest BCUT2D eigenvalue weighted by molar-refractivity contribution is 5.35. The van der Waals surface area contributed by atoms with Gasteiger partial charge in [-0.25, -0.2) is 4.68 Å². The molecule has 0 aliphatic carbocycles. The molecule has 0 radical (unpaired) electrons. The number of hydrogen-bond donors (Lipinski definition) is 0. The molecule has 0 aliphatic heterocycles. The van der Waals surface area contributed by atoms with Crippen LogP contribution in [0.1, 0.15) is 12.6 Å². The van der Waals surface area contributed by atoms with E-state index in [1.807, 2.05) is 41.2 Å². The van der Waals surface area contributed by atoms with Gasteiger partial charge in [0.15, 0.2) is 5.75 Å². The van der Waals surface area contributed by atoms with E-state index in [1.165, 1.54) is 0 Å². The molecule has 0 aliphatic rings. The Morgan fingerprint density at radius 1 is 1.27 bits per heavy atom. The number of aryl methyl sites for hydroxylation is 1. The molecule has 15 heavy (non-hydrogen) atoms. The molecular formula is C12H14N2O. The highest BCUT2D eigenvalue weighted by Gasteiger charge is 2.07. The molecule has 0 atom stereocenters. The number of nitrogens with zero attached hydrogens (tertiary/aromatic N) is 2. The van der Waals surface area contributed by atoms with Crippen molar-refractivity contribution in [3.8, 4) is 11.4 Å². The van der Waals surface area contributed by atoms with E-state index in [0.29, 0.717) is 0 Å². The Labute approximate surface area is 89.3 Å². The molecule has 0 N–H and O–H groups in total. The normalized spacial score (nSPS) is 10.3. The number of benzene rings is 1. The second-order valence-electron chi connectivity index (χ2n) is 3.28. The molecule has 0 amide bonds. The molecule has 1 aromatic heterocycles. The Bertz CT molecular complexity index is 413. The van der Waals surface area contributed by atoms with Crippen molar-refractivity contribution >= 4 is 0 Å². The van der Waals surface area contributed by atoms with Gasteiger partial charge in [0.25, 0.3) is 0 Å². The van der Waals surface area contributed by atoms with Crippen LogP contribution in [0.25, 0.3) is 5.69 Å². The zero-order valence-corrected chi connectivity index (χ0v) is 8.97. The van der Waals surface area contributed by atoms with Crippen molar-refractivity contribution in [2.45, 2.75) is 13.3 Å². The van der Waals surface area contributed by atoms with Gasteiger partial charge >= 0.3 is 0 Å². The molecule has 0 spiro atoms. The van der Waals surface area contributed by atoms with Gasteiger partial charge in [0.1, 0.15) is 5.69 Å². The topological polar surface area (TPSA) is 27.1 Å². The maximum absolute atomic E-state index is 5.26. The SMILES string of the molecule is CCc1nn(-c2ccccc2)cc1OC. The second-order valence-corrected chi connectivity index (χ2v) is 3.28. The zero-order valence-electron chi connectivity index (χ0n) is 8.97. The lowest BCUT2D eigenvalue weighted by molar-refractivity contribution is 0.410. The van der Waals surface area contributed by atoms with Crippen LogP contribution in [0.15, 0.2) is 36.5 Å². The van der Waals surface area contributed by atoms with Gasteiger partial charge in [-0.1, -0.05) is 25.1 Å². The van der Waals surface area contributed by atoms with E-state index in [4.69, 9.17) is 4.74 Å². The van der Waals surface area contributed by atoms with Crippen molar-refractivity contribution in [2.24, 2.45) is 0 Å². The van der Waals surface area contributed by atoms with Gasteiger partial charge < -0.3 is 4.74 Å². The minimum Gasteiger partial charge on any atom is -0.493 e. The van der Waals surface area contributed by atoms with Crippen LogP contribution in [0.3, 0.4) is 0 Å². The lowest BCUT2D eigenvalue weighted by Gasteiger charge is -1.98. The second kappa shape index (κ2) is 4.17. The third-order valence-electron chi connectivity index (χ3n) is 2.33. The molecular weight excluding hydrogens is 188 g/mol. The summed E-state index contributed by atoms with van der Waals surface area (Å²) in [5.74, 6) is 0.848. The molecule has 0 fully saturated rings. The van der Waals surface area contributed by atoms with Crippen LogP contribution in [0.2, 0.25) is 0 Å². The van der Waals surface area contributed by atoms with E-state index in [-0.39, 0.29) is 0 Å². The summed E-state index contributed by atoms with van der Waals surface area (Å²) in [4.78, 5) is 0. The van der Waals surface area contributed by atoms with Gasteiger partial charge in [-0.3, -0.25) is 0 Å². The van der Waals surface area contributed by atoms with Crippen LogP contribution in [0, 0.1) is 0 Å². The fourth-order valence-electron chi connectivity index (χ4n) is 1.52. The summed E-state index contributed by atoms with van der Waals surface area (Å²) in [6.07, 6.45) is 2.79. The van der Waals surface area contributed by atoms with Gasteiger partial charge in [0.2, 0.25) is 0 Å². The molecule has 0 unspecified atom stereocenters. The first kappa shape index (κ1) is 9.77. The maximum atomic E-state index is 5.26. The van der Waals surface area contributed by atoms with Crippen molar-refractivity contribution in [3.05, 3.63) is 42.2 Å². The maximum Gasteiger partial charge on any atom is 0.160 e. The van der Waals surface area contributed by atoms with E-state index < -0.39 is 0 Å². The summed E-state index contributed by atoms with van der Waals surface area (Å²) >= 11 is 0. The van der Waals surface area contributed by atoms with Crippen LogP contribution in [0.5, 0.6) is 5.75 Å². The monoisotopic (exact) mass is 202 g/mol. The highest BCUT2D eigenvalue weighted by atomic mass is 16.5. The third-order valence-corrected chi connectivity index (χ3v) is 2.33. The number of aromatic nitrogens is 2. The lowest BCUT2D eigenvalue weighted by atomic mass is 10.3. The Balaban J connectivity index is 2.42. The number of ether oxygens (including phenoxy) is 1. The largest absolute Gasteiger partial charge is 0.493 e. The number of hydrogen-bond acceptors (Lipinski definition) is 2. The molecule has 2 aromatic rings. The van der Waals surface area contributed by atoms with Crippen LogP contribution in [-0.4, -0.2) is 16.9 Å². The van der Waals surface area contributed by atoms with Gasteiger partial charge in [0, 0.05) is 0 Å². The van der Waals surface area contributed by atoms with Crippen LogP contribution in [-0.2, 0) is 6.42 Å². The first-order chi connectivity index (χ1) is 7.35. The first-order valence-corrected chi connectivity index (χ1v) is 5.03. The Morgan fingerprint density at radius 3 is 2.53 bits per heavy atom. The van der Waals surface area contributed by atoms with Crippen LogP contribution in [0.4, 0.5) is 0 Å². The van der Waals surface area contributed by atoms with Gasteiger partial charge in [-0.2, -0.15) is 5.10 Å². The lowest BCUT2D eigenvalue weighted by Crippen LogP contribution is -1.94. The molecule has 2 rings (SSSR count). The summed E-state index contributed by atoms with van der Waals surface area (Å²) in [6.45, 7) is 2.07. The summed E-state index contributed by atoms with van der Waals surface area (Å²) < 4.78 is 7.10. The van der Waals surface area contributed by atoms with Crippen LogP contribution < -0.4 is 4.74 Å². The average Bonchev–Trinajstić information content (AvgIpc) is 2.73.